The molecule has 0 aliphatic rings. The summed E-state index contributed by atoms with van der Waals surface area (Å²) in [5, 5.41) is 26.9. The van der Waals surface area contributed by atoms with Gasteiger partial charge in [0.15, 0.2) is 17.2 Å². The average Bonchev–Trinajstić information content (AvgIpc) is 2.94. The number of hydrogen-bond donors (Lipinski definition) is 3. The Morgan fingerprint density at radius 1 is 1.22 bits per heavy atom. The van der Waals surface area contributed by atoms with Crippen LogP contribution in [0.15, 0.2) is 28.7 Å². The van der Waals surface area contributed by atoms with Crippen molar-refractivity contribution in [3.05, 3.63) is 39.2 Å². The van der Waals surface area contributed by atoms with E-state index in [2.05, 4.69) is 15.9 Å². The second kappa shape index (κ2) is 8.69. The molecule has 1 aromatic heterocycles. The highest BCUT2D eigenvalue weighted by atomic mass is 79.9. The molecule has 0 saturated carbocycles. The van der Waals surface area contributed by atoms with Gasteiger partial charge in [-0.05, 0) is 45.8 Å². The first-order valence-corrected chi connectivity index (χ1v) is 8.85. The molecule has 0 radical (unpaired) electrons. The van der Waals surface area contributed by atoms with Gasteiger partial charge in [-0.3, -0.25) is 0 Å². The summed E-state index contributed by atoms with van der Waals surface area (Å²) >= 11 is 4.17. The van der Waals surface area contributed by atoms with Crippen molar-refractivity contribution >= 4 is 51.3 Å². The van der Waals surface area contributed by atoms with E-state index >= 15 is 0 Å². The predicted octanol–water partition coefficient (Wildman–Crippen LogP) is 3.45. The fourth-order valence-electron chi connectivity index (χ4n) is 2.15. The summed E-state index contributed by atoms with van der Waals surface area (Å²) in [6, 6.07) is 4.91. The first-order valence-electron chi connectivity index (χ1n) is 7.24. The van der Waals surface area contributed by atoms with E-state index in [1.807, 2.05) is 0 Å². The van der Waals surface area contributed by atoms with Crippen molar-refractivity contribution in [1.29, 1.82) is 0 Å². The number of carbonyl (C=O) groups is 3. The van der Waals surface area contributed by atoms with Crippen LogP contribution in [0.2, 0.25) is 0 Å². The van der Waals surface area contributed by atoms with Crippen LogP contribution in [0.1, 0.15) is 15.2 Å². The van der Waals surface area contributed by atoms with Crippen LogP contribution in [-0.2, 0) is 9.59 Å². The van der Waals surface area contributed by atoms with E-state index in [0.29, 0.717) is 26.2 Å². The molecule has 142 valence electrons. The number of rotatable bonds is 8. The number of halogens is 1. The first kappa shape index (κ1) is 20.5. The van der Waals surface area contributed by atoms with Crippen LogP contribution in [0.5, 0.6) is 11.5 Å². The third kappa shape index (κ3) is 4.86. The van der Waals surface area contributed by atoms with Crippen molar-refractivity contribution in [3.63, 3.8) is 0 Å². The molecule has 0 unspecified atom stereocenters. The maximum atomic E-state index is 11.5. The maximum Gasteiger partial charge on any atom is 0.349 e. The Bertz CT molecular complexity index is 931. The molecule has 0 spiro atoms. The Morgan fingerprint density at radius 3 is 2.48 bits per heavy atom. The van der Waals surface area contributed by atoms with Gasteiger partial charge < -0.3 is 24.8 Å². The number of thiophene rings is 1. The van der Waals surface area contributed by atoms with Crippen molar-refractivity contribution in [2.45, 2.75) is 0 Å². The molecule has 0 aliphatic carbocycles. The highest BCUT2D eigenvalue weighted by molar-refractivity contribution is 9.10. The van der Waals surface area contributed by atoms with Gasteiger partial charge in [-0.2, -0.15) is 0 Å². The molecule has 2 aromatic rings. The van der Waals surface area contributed by atoms with Gasteiger partial charge in [0.1, 0.15) is 5.75 Å². The zero-order chi connectivity index (χ0) is 20.1. The molecule has 27 heavy (non-hydrogen) atoms. The number of methoxy groups -OCH3 is 1. The number of carboxylic acids is 3. The van der Waals surface area contributed by atoms with E-state index in [4.69, 9.17) is 19.7 Å². The molecule has 10 heteroatoms. The molecular weight excluding hydrogens is 444 g/mol. The van der Waals surface area contributed by atoms with E-state index in [1.54, 1.807) is 18.2 Å². The van der Waals surface area contributed by atoms with Crippen molar-refractivity contribution in [3.8, 4) is 21.9 Å². The summed E-state index contributed by atoms with van der Waals surface area (Å²) in [5.41, 5.74) is 1.05. The van der Waals surface area contributed by atoms with Gasteiger partial charge in [0, 0.05) is 11.6 Å². The summed E-state index contributed by atoms with van der Waals surface area (Å²) in [6.45, 7) is -0.690. The van der Waals surface area contributed by atoms with Crippen molar-refractivity contribution in [2.24, 2.45) is 0 Å². The molecule has 0 saturated heterocycles. The molecule has 0 atom stereocenters. The van der Waals surface area contributed by atoms with Crippen LogP contribution in [0.4, 0.5) is 0 Å². The van der Waals surface area contributed by atoms with Crippen molar-refractivity contribution in [1.82, 2.24) is 0 Å². The number of carboxylic acid groups (broad SMARTS) is 3. The summed E-state index contributed by atoms with van der Waals surface area (Å²) in [5.74, 6) is -3.27. The quantitative estimate of drug-likeness (QED) is 0.514. The zero-order valence-corrected chi connectivity index (χ0v) is 16.2. The standard InChI is InChI=1S/C17H13BrO8S/c1-25-10-4-2-9(6-8(10)3-5-11(19)20)15-13(18)14(26-7-12(21)22)16(27-15)17(23)24/h2-6H,7H2,1H3,(H,19,20)(H,21,22)(H,23,24). The van der Waals surface area contributed by atoms with Gasteiger partial charge in [-0.25, -0.2) is 14.4 Å². The van der Waals surface area contributed by atoms with Crippen LogP contribution in [0, 0.1) is 0 Å². The Labute approximate surface area is 165 Å². The van der Waals surface area contributed by atoms with Crippen molar-refractivity contribution in [2.75, 3.05) is 13.7 Å². The monoisotopic (exact) mass is 456 g/mol. The lowest BCUT2D eigenvalue weighted by atomic mass is 10.1. The van der Waals surface area contributed by atoms with Crippen LogP contribution < -0.4 is 9.47 Å². The number of benzene rings is 1. The Balaban J connectivity index is 2.55. The third-order valence-corrected chi connectivity index (χ3v) is 5.47. The second-order valence-corrected chi connectivity index (χ2v) is 6.83. The van der Waals surface area contributed by atoms with Crippen LogP contribution in [0.3, 0.4) is 0 Å². The lowest BCUT2D eigenvalue weighted by molar-refractivity contribution is -0.139. The topological polar surface area (TPSA) is 130 Å². The summed E-state index contributed by atoms with van der Waals surface area (Å²) < 4.78 is 10.6. The van der Waals surface area contributed by atoms with Gasteiger partial charge in [0.05, 0.1) is 16.5 Å². The van der Waals surface area contributed by atoms with Gasteiger partial charge in [0.25, 0.3) is 0 Å². The fourth-order valence-corrected chi connectivity index (χ4v) is 4.04. The Kier molecular flexibility index (Phi) is 6.59. The van der Waals surface area contributed by atoms with Crippen molar-refractivity contribution < 1.29 is 39.2 Å². The van der Waals surface area contributed by atoms with E-state index in [1.165, 1.54) is 13.2 Å². The number of aliphatic carboxylic acids is 2. The molecular formula is C17H13BrO8S. The van der Waals surface area contributed by atoms with Crippen LogP contribution >= 0.6 is 27.3 Å². The molecule has 2 rings (SSSR count). The summed E-state index contributed by atoms with van der Waals surface area (Å²) in [4.78, 5) is 33.3. The van der Waals surface area contributed by atoms with Gasteiger partial charge in [-0.1, -0.05) is 0 Å². The van der Waals surface area contributed by atoms with Gasteiger partial charge in [-0.15, -0.1) is 11.3 Å². The number of hydrogen-bond acceptors (Lipinski definition) is 6. The SMILES string of the molecule is COc1ccc(-c2sc(C(=O)O)c(OCC(=O)O)c2Br)cc1C=CC(=O)O. The Hall–Kier alpha value is -2.85. The van der Waals surface area contributed by atoms with E-state index in [0.717, 1.165) is 17.4 Å². The summed E-state index contributed by atoms with van der Waals surface area (Å²) in [6.07, 6.45) is 2.31. The summed E-state index contributed by atoms with van der Waals surface area (Å²) in [7, 11) is 1.44. The average molecular weight is 457 g/mol. The molecule has 1 aromatic carbocycles. The molecule has 3 N–H and O–H groups in total. The molecule has 0 aliphatic heterocycles. The predicted molar refractivity (Wildman–Crippen MR) is 101 cm³/mol. The smallest absolute Gasteiger partial charge is 0.349 e. The number of aromatic carboxylic acids is 1. The largest absolute Gasteiger partial charge is 0.496 e. The van der Waals surface area contributed by atoms with E-state index in [-0.39, 0.29) is 10.6 Å². The maximum absolute atomic E-state index is 11.5. The lowest BCUT2D eigenvalue weighted by Gasteiger charge is -2.08. The highest BCUT2D eigenvalue weighted by Gasteiger charge is 2.24. The third-order valence-electron chi connectivity index (χ3n) is 3.24. The zero-order valence-electron chi connectivity index (χ0n) is 13.8. The van der Waals surface area contributed by atoms with Crippen LogP contribution in [0.25, 0.3) is 16.5 Å². The van der Waals surface area contributed by atoms with E-state index < -0.39 is 24.5 Å². The van der Waals surface area contributed by atoms with Gasteiger partial charge in [0.2, 0.25) is 0 Å². The number of ether oxygens (including phenoxy) is 2. The Morgan fingerprint density at radius 2 is 1.93 bits per heavy atom. The fraction of sp³-hybridized carbons (Fsp3) is 0.118. The molecule has 0 bridgehead atoms. The first-order chi connectivity index (χ1) is 12.7. The highest BCUT2D eigenvalue weighted by Crippen LogP contribution is 2.46. The second-order valence-electron chi connectivity index (χ2n) is 5.02. The molecule has 1 heterocycles. The van der Waals surface area contributed by atoms with Crippen LogP contribution in [-0.4, -0.2) is 46.9 Å². The van der Waals surface area contributed by atoms with E-state index in [9.17, 15) is 19.5 Å². The normalized spacial score (nSPS) is 10.7. The molecule has 8 nitrogen and oxygen atoms in total. The molecule has 0 amide bonds. The van der Waals surface area contributed by atoms with Gasteiger partial charge >= 0.3 is 17.9 Å². The minimum absolute atomic E-state index is 0.0802. The minimum Gasteiger partial charge on any atom is -0.496 e. The minimum atomic E-state index is -1.26. The molecule has 0 fully saturated rings. The lowest BCUT2D eigenvalue weighted by Crippen LogP contribution is -2.11.